The number of hydrogen-bond donors (Lipinski definition) is 1. The molecule has 30 heavy (non-hydrogen) atoms. The maximum atomic E-state index is 11.6. The number of carbonyl (C=O) groups is 1. The molecule has 1 heterocycles. The Morgan fingerprint density at radius 1 is 1.30 bits per heavy atom. The molecule has 0 saturated carbocycles. The predicted molar refractivity (Wildman–Crippen MR) is 118 cm³/mol. The zero-order valence-corrected chi connectivity index (χ0v) is 18.0. The lowest BCUT2D eigenvalue weighted by Gasteiger charge is -2.25. The second-order valence-electron chi connectivity index (χ2n) is 6.18. The number of halogens is 2. The third-order valence-corrected chi connectivity index (χ3v) is 4.72. The van der Waals surface area contributed by atoms with Gasteiger partial charge in [0.15, 0.2) is 0 Å². The number of ether oxygens (including phenoxy) is 1. The van der Waals surface area contributed by atoms with Gasteiger partial charge in [-0.2, -0.15) is 5.26 Å². The van der Waals surface area contributed by atoms with Crippen LogP contribution < -0.4 is 15.1 Å². The summed E-state index contributed by atoms with van der Waals surface area (Å²) < 4.78 is 5.70. The monoisotopic (exact) mass is 444 g/mol. The highest BCUT2D eigenvalue weighted by Gasteiger charge is 2.22. The van der Waals surface area contributed by atoms with E-state index in [9.17, 15) is 10.1 Å². The van der Waals surface area contributed by atoms with Crippen LogP contribution in [0.15, 0.2) is 36.5 Å². The molecular formula is C21H18Cl2N4O3. The Kier molecular flexibility index (Phi) is 6.63. The molecule has 0 bridgehead atoms. The Morgan fingerprint density at radius 3 is 2.67 bits per heavy atom. The summed E-state index contributed by atoms with van der Waals surface area (Å²) in [6.07, 6.45) is 1.44. The molecule has 9 heteroatoms. The Labute approximate surface area is 183 Å². The van der Waals surface area contributed by atoms with Crippen LogP contribution in [0.4, 0.5) is 17.1 Å². The summed E-state index contributed by atoms with van der Waals surface area (Å²) in [5, 5.41) is 15.3. The first-order valence-corrected chi connectivity index (χ1v) is 9.71. The fourth-order valence-electron chi connectivity index (χ4n) is 3.02. The quantitative estimate of drug-likeness (QED) is 0.507. The SMILES string of the molecule is CCOc1cc2c(N(OC)c3ccc(Cl)cc3Cl)c(C#N)cnc2cc1NC(C)=O. The second kappa shape index (κ2) is 9.18. The Hall–Kier alpha value is -3.05. The number of benzene rings is 2. The van der Waals surface area contributed by atoms with Crippen molar-refractivity contribution in [2.75, 3.05) is 24.1 Å². The van der Waals surface area contributed by atoms with Crippen molar-refractivity contribution in [3.05, 3.63) is 52.1 Å². The summed E-state index contributed by atoms with van der Waals surface area (Å²) in [5.41, 5.74) is 2.21. The molecule has 0 fully saturated rings. The highest BCUT2D eigenvalue weighted by atomic mass is 35.5. The number of hydrogen-bond acceptors (Lipinski definition) is 6. The van der Waals surface area contributed by atoms with Gasteiger partial charge < -0.3 is 10.1 Å². The molecule has 0 spiro atoms. The summed E-state index contributed by atoms with van der Waals surface area (Å²) in [6.45, 7) is 3.63. The van der Waals surface area contributed by atoms with Crippen molar-refractivity contribution >= 4 is 57.1 Å². The number of aromatic nitrogens is 1. The van der Waals surface area contributed by atoms with Crippen LogP contribution in [-0.2, 0) is 9.63 Å². The second-order valence-corrected chi connectivity index (χ2v) is 7.03. The molecule has 0 unspecified atom stereocenters. The Balaban J connectivity index is 2.31. The minimum absolute atomic E-state index is 0.240. The van der Waals surface area contributed by atoms with Crippen LogP contribution in [0.25, 0.3) is 10.9 Å². The van der Waals surface area contributed by atoms with Crippen molar-refractivity contribution in [1.29, 1.82) is 5.26 Å². The average molecular weight is 445 g/mol. The molecule has 154 valence electrons. The van der Waals surface area contributed by atoms with Crippen molar-refractivity contribution in [3.63, 3.8) is 0 Å². The predicted octanol–water partition coefficient (Wildman–Crippen LogP) is 5.47. The van der Waals surface area contributed by atoms with Gasteiger partial charge in [0.05, 0.1) is 46.9 Å². The number of pyridine rings is 1. The molecule has 3 rings (SSSR count). The fraction of sp³-hybridized carbons (Fsp3) is 0.190. The summed E-state index contributed by atoms with van der Waals surface area (Å²) >= 11 is 12.4. The van der Waals surface area contributed by atoms with Crippen LogP contribution in [0.1, 0.15) is 19.4 Å². The topological polar surface area (TPSA) is 87.5 Å². The zero-order valence-electron chi connectivity index (χ0n) is 16.5. The molecule has 0 radical (unpaired) electrons. The number of amides is 1. The molecule has 1 aromatic heterocycles. The first-order valence-electron chi connectivity index (χ1n) is 8.96. The van der Waals surface area contributed by atoms with E-state index < -0.39 is 0 Å². The van der Waals surface area contributed by atoms with Gasteiger partial charge in [-0.25, -0.2) is 5.06 Å². The fourth-order valence-corrected chi connectivity index (χ4v) is 3.51. The van der Waals surface area contributed by atoms with E-state index in [1.54, 1.807) is 30.3 Å². The molecule has 0 aliphatic heterocycles. The van der Waals surface area contributed by atoms with Gasteiger partial charge in [-0.05, 0) is 37.3 Å². The summed E-state index contributed by atoms with van der Waals surface area (Å²) in [7, 11) is 1.47. The van der Waals surface area contributed by atoms with Gasteiger partial charge in [-0.15, -0.1) is 0 Å². The van der Waals surface area contributed by atoms with Gasteiger partial charge in [-0.1, -0.05) is 23.2 Å². The minimum atomic E-state index is -0.240. The average Bonchev–Trinajstić information content (AvgIpc) is 2.70. The molecule has 2 aromatic carbocycles. The molecule has 0 saturated heterocycles. The van der Waals surface area contributed by atoms with Crippen molar-refractivity contribution < 1.29 is 14.4 Å². The molecule has 1 amide bonds. The molecule has 7 nitrogen and oxygen atoms in total. The van der Waals surface area contributed by atoms with Crippen molar-refractivity contribution in [2.24, 2.45) is 0 Å². The molecule has 1 N–H and O–H groups in total. The molecule has 3 aromatic rings. The highest BCUT2D eigenvalue weighted by molar-refractivity contribution is 6.36. The number of anilines is 3. The van der Waals surface area contributed by atoms with Gasteiger partial charge in [-0.3, -0.25) is 14.6 Å². The van der Waals surface area contributed by atoms with Gasteiger partial charge in [0.25, 0.3) is 0 Å². The van der Waals surface area contributed by atoms with Gasteiger partial charge in [0.2, 0.25) is 5.91 Å². The van der Waals surface area contributed by atoms with E-state index in [4.69, 9.17) is 32.8 Å². The van der Waals surface area contributed by atoms with Crippen LogP contribution >= 0.6 is 23.2 Å². The molecule has 0 atom stereocenters. The van der Waals surface area contributed by atoms with E-state index in [0.717, 1.165) is 0 Å². The smallest absolute Gasteiger partial charge is 0.221 e. The first-order chi connectivity index (χ1) is 14.4. The van der Waals surface area contributed by atoms with Crippen LogP contribution in [-0.4, -0.2) is 24.6 Å². The Bertz CT molecular complexity index is 1160. The lowest BCUT2D eigenvalue weighted by molar-refractivity contribution is -0.114. The summed E-state index contributed by atoms with van der Waals surface area (Å²) in [5.74, 6) is 0.201. The third kappa shape index (κ3) is 4.26. The van der Waals surface area contributed by atoms with Gasteiger partial charge in [0, 0.05) is 23.5 Å². The van der Waals surface area contributed by atoms with Crippen molar-refractivity contribution in [2.45, 2.75) is 13.8 Å². The first kappa shape index (κ1) is 21.7. The van der Waals surface area contributed by atoms with E-state index in [-0.39, 0.29) is 11.5 Å². The normalized spacial score (nSPS) is 10.5. The van der Waals surface area contributed by atoms with E-state index in [2.05, 4.69) is 16.4 Å². The maximum Gasteiger partial charge on any atom is 0.221 e. The van der Waals surface area contributed by atoms with Crippen molar-refractivity contribution in [1.82, 2.24) is 4.98 Å². The zero-order chi connectivity index (χ0) is 21.8. The van der Waals surface area contributed by atoms with Crippen LogP contribution in [0.3, 0.4) is 0 Å². The largest absolute Gasteiger partial charge is 0.492 e. The standard InChI is InChI=1S/C21H18Cl2N4O3/c1-4-30-20-8-15-17(9-18(20)26-12(2)28)25-11-13(10-24)21(15)27(29-3)19-6-5-14(22)7-16(19)23/h5-9,11H,4H2,1-3H3,(H,26,28). The number of rotatable bonds is 6. The highest BCUT2D eigenvalue weighted by Crippen LogP contribution is 2.41. The number of fused-ring (bicyclic) bond motifs is 1. The number of nitrogens with one attached hydrogen (secondary N) is 1. The molecule has 0 aliphatic carbocycles. The number of nitriles is 1. The lowest BCUT2D eigenvalue weighted by atomic mass is 10.1. The molecular weight excluding hydrogens is 427 g/mol. The van der Waals surface area contributed by atoms with Gasteiger partial charge >= 0.3 is 0 Å². The lowest BCUT2D eigenvalue weighted by Crippen LogP contribution is -2.17. The summed E-state index contributed by atoms with van der Waals surface area (Å²) in [6, 6.07) is 10.5. The molecule has 0 aliphatic rings. The van der Waals surface area contributed by atoms with E-state index in [1.807, 2.05) is 6.92 Å². The van der Waals surface area contributed by atoms with Crippen LogP contribution in [0.5, 0.6) is 5.75 Å². The third-order valence-electron chi connectivity index (χ3n) is 4.19. The van der Waals surface area contributed by atoms with E-state index in [0.29, 0.717) is 50.4 Å². The van der Waals surface area contributed by atoms with Crippen LogP contribution in [0, 0.1) is 11.3 Å². The minimum Gasteiger partial charge on any atom is -0.492 e. The van der Waals surface area contributed by atoms with Gasteiger partial charge in [0.1, 0.15) is 11.8 Å². The summed E-state index contributed by atoms with van der Waals surface area (Å²) in [4.78, 5) is 21.6. The number of nitrogens with zero attached hydrogens (tertiary/aromatic N) is 3. The van der Waals surface area contributed by atoms with Crippen LogP contribution in [0.2, 0.25) is 10.0 Å². The van der Waals surface area contributed by atoms with E-state index >= 15 is 0 Å². The number of carbonyl (C=O) groups excluding carboxylic acids is 1. The van der Waals surface area contributed by atoms with Crippen molar-refractivity contribution in [3.8, 4) is 11.8 Å². The van der Waals surface area contributed by atoms with E-state index in [1.165, 1.54) is 25.3 Å². The maximum absolute atomic E-state index is 11.6. The Morgan fingerprint density at radius 2 is 2.07 bits per heavy atom.